The van der Waals surface area contributed by atoms with Crippen molar-refractivity contribution in [3.05, 3.63) is 47.7 Å². The molecular weight excluding hydrogens is 833 g/mol. The summed E-state index contributed by atoms with van der Waals surface area (Å²) in [6, 6.07) is 3.07. The Labute approximate surface area is 373 Å². The zero-order valence-corrected chi connectivity index (χ0v) is 39.1. The van der Waals surface area contributed by atoms with Gasteiger partial charge in [-0.2, -0.15) is 0 Å². The number of rotatable bonds is 22. The number of likely N-dealkylation sites (N-methyl/N-ethyl adjacent to an activating group) is 2. The molecule has 3 rings (SSSR count). The molecule has 0 spiro atoms. The number of nitrogens with one attached hydrogen (secondary N) is 4. The van der Waals surface area contributed by atoms with E-state index in [4.69, 9.17) is 10.8 Å². The van der Waals surface area contributed by atoms with Crippen molar-refractivity contribution >= 4 is 70.0 Å². The number of fused-ring (bicyclic) bond motifs is 1. The maximum atomic E-state index is 14.5. The monoisotopic (exact) mass is 898 g/mol. The van der Waals surface area contributed by atoms with E-state index < -0.39 is 88.3 Å². The molecule has 348 valence electrons. The molecule has 1 aliphatic rings. The average Bonchev–Trinajstić information content (AvgIpc) is 3.69. The molecule has 18 nitrogen and oxygen atoms in total. The molecule has 2 heterocycles. The molecule has 1 aromatic heterocycles. The maximum absolute atomic E-state index is 14.5. The molecule has 63 heavy (non-hydrogen) atoms. The highest BCUT2D eigenvalue weighted by molar-refractivity contribution is 8.00. The van der Waals surface area contributed by atoms with Crippen molar-refractivity contribution in [2.75, 3.05) is 32.9 Å². The summed E-state index contributed by atoms with van der Waals surface area (Å²) in [5.41, 5.74) is 6.21. The Hall–Kier alpha value is -5.27. The number of likely N-dealkylation sites (tertiary alicyclic amines) is 1. The number of amides is 6. The number of aryl methyl sites for hydroxylation is 1. The van der Waals surface area contributed by atoms with Crippen LogP contribution in [0.1, 0.15) is 80.2 Å². The number of carboxylic acid groups (broad SMARTS) is 2. The van der Waals surface area contributed by atoms with Crippen molar-refractivity contribution in [2.45, 2.75) is 116 Å². The second kappa shape index (κ2) is 21.9. The molecule has 0 radical (unpaired) electrons. The Kier molecular flexibility index (Phi) is 18.1. The highest BCUT2D eigenvalue weighted by Gasteiger charge is 2.43. The van der Waals surface area contributed by atoms with Crippen LogP contribution >= 0.6 is 11.8 Å². The lowest BCUT2D eigenvalue weighted by atomic mass is 9.76. The van der Waals surface area contributed by atoms with Crippen LogP contribution < -0.4 is 27.0 Å². The smallest absolute Gasteiger partial charge is 0.321 e. The van der Waals surface area contributed by atoms with Crippen LogP contribution in [0.5, 0.6) is 0 Å². The number of para-hydroxylation sites is 1. The highest BCUT2D eigenvalue weighted by Crippen LogP contribution is 2.35. The van der Waals surface area contributed by atoms with Crippen LogP contribution in [-0.4, -0.2) is 140 Å². The molecule has 0 aliphatic carbocycles. The molecule has 1 aliphatic heterocycles. The molecule has 2 unspecified atom stereocenters. The maximum Gasteiger partial charge on any atom is 0.321 e. The van der Waals surface area contributed by atoms with Crippen LogP contribution in [0.4, 0.5) is 0 Å². The van der Waals surface area contributed by atoms with E-state index in [-0.39, 0.29) is 55.0 Å². The Balaban J connectivity index is 1.75. The van der Waals surface area contributed by atoms with Crippen molar-refractivity contribution in [3.8, 4) is 0 Å². The second-order valence-corrected chi connectivity index (χ2v) is 19.3. The summed E-state index contributed by atoms with van der Waals surface area (Å²) in [4.78, 5) is 106. The first-order chi connectivity index (χ1) is 29.2. The topological polar surface area (TPSA) is 263 Å². The van der Waals surface area contributed by atoms with Gasteiger partial charge in [0.05, 0.1) is 17.3 Å². The molecule has 6 atom stereocenters. The number of nitrogens with zero attached hydrogens (tertiary/aromatic N) is 3. The molecule has 1 saturated heterocycles. The third-order valence-electron chi connectivity index (χ3n) is 11.4. The Morgan fingerprint density at radius 3 is 2.21 bits per heavy atom. The van der Waals surface area contributed by atoms with E-state index >= 15 is 0 Å². The first-order valence-electron chi connectivity index (χ1n) is 21.0. The van der Waals surface area contributed by atoms with Crippen molar-refractivity contribution in [2.24, 2.45) is 24.1 Å². The number of aromatic nitrogens is 1. The van der Waals surface area contributed by atoms with Crippen molar-refractivity contribution in [1.82, 2.24) is 35.6 Å². The second-order valence-electron chi connectivity index (χ2n) is 18.1. The minimum atomic E-state index is -1.31. The standard InChI is InChI=1S/C44H66N8O10S/c1-24(2)31(51(11)41(60)36(43(4,5)6)49-39(58)35(46-9)44(7,8)27-22-50(10)30-15-13-12-14-26(27)30)20-25(3)37(56)48-29(16-17-34(54)55)38(57)47-18-19-52-33(53)21-32(40(52)59)63-23-28(45)42(61)62/h12-15,20,22,24,28-29,31-32,35-36,46H,16-19,21,23,45H2,1-11H3,(H,47,57)(H,48,56)(H,49,58)(H,54,55)(H,61,62)/b25-20+/t28-,29-,31+,32?,35+,36?/m0/s1. The van der Waals surface area contributed by atoms with E-state index in [0.717, 1.165) is 33.1 Å². The van der Waals surface area contributed by atoms with E-state index in [1.165, 1.54) is 11.8 Å². The fraction of sp³-hybridized carbons (Fsp3) is 0.591. The number of carboxylic acids is 2. The van der Waals surface area contributed by atoms with Crippen LogP contribution in [0.15, 0.2) is 42.1 Å². The van der Waals surface area contributed by atoms with E-state index in [0.29, 0.717) is 0 Å². The number of thioether (sulfide) groups is 1. The highest BCUT2D eigenvalue weighted by atomic mass is 32.2. The van der Waals surface area contributed by atoms with Gasteiger partial charge in [-0.25, -0.2) is 0 Å². The fourth-order valence-corrected chi connectivity index (χ4v) is 8.78. The molecular formula is C44H66N8O10S. The summed E-state index contributed by atoms with van der Waals surface area (Å²) in [6.45, 7) is 14.4. The first kappa shape index (κ1) is 52.1. The first-order valence-corrected chi connectivity index (χ1v) is 22.0. The van der Waals surface area contributed by atoms with Crippen molar-refractivity contribution < 1.29 is 48.6 Å². The van der Waals surface area contributed by atoms with Gasteiger partial charge in [0.1, 0.15) is 18.1 Å². The summed E-state index contributed by atoms with van der Waals surface area (Å²) in [5.74, 6) is -5.97. The number of imide groups is 1. The van der Waals surface area contributed by atoms with Gasteiger partial charge in [0.25, 0.3) is 0 Å². The van der Waals surface area contributed by atoms with Gasteiger partial charge in [-0.15, -0.1) is 11.8 Å². The quantitative estimate of drug-likeness (QED) is 0.0657. The van der Waals surface area contributed by atoms with Gasteiger partial charge >= 0.3 is 11.9 Å². The lowest BCUT2D eigenvalue weighted by Crippen LogP contribution is -2.61. The minimum Gasteiger partial charge on any atom is -0.481 e. The van der Waals surface area contributed by atoms with E-state index in [1.807, 2.05) is 90.5 Å². The third kappa shape index (κ3) is 13.1. The van der Waals surface area contributed by atoms with Gasteiger partial charge in [0, 0.05) is 73.9 Å². The van der Waals surface area contributed by atoms with E-state index in [1.54, 1.807) is 20.2 Å². The number of nitrogens with two attached hydrogens (primary N) is 1. The zero-order valence-electron chi connectivity index (χ0n) is 38.2. The largest absolute Gasteiger partial charge is 0.481 e. The summed E-state index contributed by atoms with van der Waals surface area (Å²) in [6.07, 6.45) is 2.73. The predicted molar refractivity (Wildman–Crippen MR) is 240 cm³/mol. The Bertz CT molecular complexity index is 2080. The number of hydrogen-bond acceptors (Lipinski definition) is 11. The molecule has 8 N–H and O–H groups in total. The van der Waals surface area contributed by atoms with Crippen molar-refractivity contribution in [3.63, 3.8) is 0 Å². The zero-order chi connectivity index (χ0) is 47.7. The SMILES string of the molecule is CN[C@H](C(=O)NC(C(=O)N(C)[C@H](/C=C(\C)C(=O)N[C@@H](CCC(=O)O)C(=O)NCCN1C(=O)CC(SC[C@H](N)C(=O)O)C1=O)C(C)C)C(C)(C)C)C(C)(C)c1cn(C)c2ccccc12. The van der Waals surface area contributed by atoms with E-state index in [2.05, 4.69) is 21.3 Å². The third-order valence-corrected chi connectivity index (χ3v) is 12.7. The molecule has 1 aromatic carbocycles. The summed E-state index contributed by atoms with van der Waals surface area (Å²) >= 11 is 0.960. The van der Waals surface area contributed by atoms with Gasteiger partial charge < -0.3 is 46.7 Å². The summed E-state index contributed by atoms with van der Waals surface area (Å²) in [5, 5.41) is 30.0. The number of carbonyl (C=O) groups is 8. The van der Waals surface area contributed by atoms with Gasteiger partial charge in [0.15, 0.2) is 0 Å². The minimum absolute atomic E-state index is 0.0771. The number of aliphatic carboxylic acids is 2. The number of benzene rings is 1. The van der Waals surface area contributed by atoms with Crippen LogP contribution in [0.2, 0.25) is 0 Å². The van der Waals surface area contributed by atoms with Crippen LogP contribution in [0.25, 0.3) is 10.9 Å². The predicted octanol–water partition coefficient (Wildman–Crippen LogP) is 1.74. The molecule has 19 heteroatoms. The molecule has 0 saturated carbocycles. The summed E-state index contributed by atoms with van der Waals surface area (Å²) < 4.78 is 2.02. The van der Waals surface area contributed by atoms with Crippen LogP contribution in [0, 0.1) is 11.3 Å². The molecule has 0 bridgehead atoms. The number of carbonyl (C=O) groups excluding carboxylic acids is 6. The van der Waals surface area contributed by atoms with Gasteiger partial charge in [-0.1, -0.05) is 72.7 Å². The fourth-order valence-electron chi connectivity index (χ4n) is 7.67. The van der Waals surface area contributed by atoms with Crippen LogP contribution in [-0.2, 0) is 50.8 Å². The van der Waals surface area contributed by atoms with Crippen molar-refractivity contribution in [1.29, 1.82) is 0 Å². The Morgan fingerprint density at radius 2 is 1.63 bits per heavy atom. The van der Waals surface area contributed by atoms with Gasteiger partial charge in [-0.05, 0) is 43.4 Å². The molecule has 6 amide bonds. The lowest BCUT2D eigenvalue weighted by molar-refractivity contribution is -0.141. The van der Waals surface area contributed by atoms with Gasteiger partial charge in [-0.3, -0.25) is 43.3 Å². The Morgan fingerprint density at radius 1 is 1.00 bits per heavy atom. The molecule has 1 fully saturated rings. The average molecular weight is 899 g/mol. The van der Waals surface area contributed by atoms with E-state index in [9.17, 15) is 43.5 Å². The van der Waals surface area contributed by atoms with Crippen LogP contribution in [0.3, 0.4) is 0 Å². The molecule has 2 aromatic rings. The summed E-state index contributed by atoms with van der Waals surface area (Å²) in [7, 11) is 5.26. The normalized spacial score (nSPS) is 17.3. The number of hydrogen-bond donors (Lipinski definition) is 7. The lowest BCUT2D eigenvalue weighted by Gasteiger charge is -2.39. The van der Waals surface area contributed by atoms with Gasteiger partial charge in [0.2, 0.25) is 35.4 Å².